The molecule has 0 amide bonds. The largest absolute Gasteiger partial charge is 0.374 e. The van der Waals surface area contributed by atoms with E-state index in [1.54, 1.807) is 0 Å². The fraction of sp³-hybridized carbons (Fsp3) is 0.750. The fourth-order valence-corrected chi connectivity index (χ4v) is 2.22. The van der Waals surface area contributed by atoms with Gasteiger partial charge in [0.1, 0.15) is 5.82 Å². The van der Waals surface area contributed by atoms with Crippen molar-refractivity contribution in [1.82, 2.24) is 19.8 Å². The van der Waals surface area contributed by atoms with Gasteiger partial charge in [-0.2, -0.15) is 0 Å². The van der Waals surface area contributed by atoms with Crippen molar-refractivity contribution in [3.05, 3.63) is 18.2 Å². The third-order valence-electron chi connectivity index (χ3n) is 3.24. The van der Waals surface area contributed by atoms with Crippen LogP contribution in [0.3, 0.4) is 0 Å². The number of imidazole rings is 1. The van der Waals surface area contributed by atoms with Gasteiger partial charge in [-0.3, -0.25) is 4.90 Å². The summed E-state index contributed by atoms with van der Waals surface area (Å²) < 4.78 is 7.88. The highest BCUT2D eigenvalue weighted by Gasteiger charge is 2.19. The van der Waals surface area contributed by atoms with Crippen molar-refractivity contribution in [2.24, 2.45) is 0 Å². The molecule has 1 unspecified atom stereocenters. The predicted octanol–water partition coefficient (Wildman–Crippen LogP) is 0.112. The second kappa shape index (κ2) is 6.14. The number of nitrogens with zero attached hydrogens (tertiary/aromatic N) is 3. The van der Waals surface area contributed by atoms with Crippen LogP contribution in [-0.2, 0) is 11.3 Å². The lowest BCUT2D eigenvalue weighted by Gasteiger charge is -2.32. The molecule has 17 heavy (non-hydrogen) atoms. The van der Waals surface area contributed by atoms with Gasteiger partial charge in [-0.15, -0.1) is 0 Å². The monoisotopic (exact) mass is 238 g/mol. The van der Waals surface area contributed by atoms with Crippen molar-refractivity contribution >= 4 is 0 Å². The third kappa shape index (κ3) is 3.52. The first-order valence-corrected chi connectivity index (χ1v) is 6.26. The van der Waals surface area contributed by atoms with Crippen molar-refractivity contribution in [1.29, 1.82) is 0 Å². The Labute approximate surface area is 103 Å². The Morgan fingerprint density at radius 2 is 2.41 bits per heavy atom. The molecule has 0 saturated carbocycles. The molecule has 2 rings (SSSR count). The van der Waals surface area contributed by atoms with Crippen LogP contribution in [0.15, 0.2) is 12.4 Å². The minimum atomic E-state index is 0.331. The molecular weight excluding hydrogens is 216 g/mol. The number of aromatic nitrogens is 2. The van der Waals surface area contributed by atoms with E-state index in [0.29, 0.717) is 6.10 Å². The molecule has 1 aromatic rings. The Bertz CT molecular complexity index is 337. The van der Waals surface area contributed by atoms with E-state index < -0.39 is 0 Å². The maximum atomic E-state index is 5.69. The quantitative estimate of drug-likeness (QED) is 0.791. The van der Waals surface area contributed by atoms with Crippen LogP contribution in [0.25, 0.3) is 0 Å². The second-order valence-electron chi connectivity index (χ2n) is 4.52. The zero-order valence-corrected chi connectivity index (χ0v) is 10.7. The van der Waals surface area contributed by atoms with Crippen LogP contribution in [-0.4, -0.2) is 60.4 Å². The smallest absolute Gasteiger partial charge is 0.105 e. The highest BCUT2D eigenvalue weighted by molar-refractivity contribution is 4.88. The van der Waals surface area contributed by atoms with Gasteiger partial charge in [0.2, 0.25) is 0 Å². The van der Waals surface area contributed by atoms with Gasteiger partial charge in [0, 0.05) is 45.1 Å². The van der Waals surface area contributed by atoms with Crippen molar-refractivity contribution in [3.8, 4) is 0 Å². The normalized spacial score (nSPS) is 21.9. The Kier molecular flexibility index (Phi) is 4.53. The zero-order chi connectivity index (χ0) is 12.1. The summed E-state index contributed by atoms with van der Waals surface area (Å²) in [6.07, 6.45) is 4.23. The van der Waals surface area contributed by atoms with E-state index in [1.165, 1.54) is 0 Å². The molecule has 5 heteroatoms. The molecule has 2 heterocycles. The van der Waals surface area contributed by atoms with Gasteiger partial charge in [-0.05, 0) is 14.0 Å². The molecule has 1 aliphatic rings. The fourth-order valence-electron chi connectivity index (χ4n) is 2.22. The lowest BCUT2D eigenvalue weighted by molar-refractivity contribution is -0.0271. The van der Waals surface area contributed by atoms with E-state index in [1.807, 2.05) is 26.4 Å². The zero-order valence-electron chi connectivity index (χ0n) is 10.7. The summed E-state index contributed by atoms with van der Waals surface area (Å²) >= 11 is 0. The molecular formula is C12H22N4O. The van der Waals surface area contributed by atoms with Gasteiger partial charge < -0.3 is 14.6 Å². The maximum Gasteiger partial charge on any atom is 0.105 e. The molecule has 1 aromatic heterocycles. The van der Waals surface area contributed by atoms with Crippen molar-refractivity contribution in [3.63, 3.8) is 0 Å². The van der Waals surface area contributed by atoms with Crippen molar-refractivity contribution < 1.29 is 4.74 Å². The summed E-state index contributed by atoms with van der Waals surface area (Å²) in [5, 5.41) is 3.17. The first-order valence-electron chi connectivity index (χ1n) is 6.26. The number of rotatable bonds is 5. The molecule has 1 aliphatic heterocycles. The Hall–Kier alpha value is -0.910. The van der Waals surface area contributed by atoms with Crippen LogP contribution in [0.2, 0.25) is 0 Å². The average Bonchev–Trinajstić information content (AvgIpc) is 2.73. The van der Waals surface area contributed by atoms with Crippen LogP contribution in [0, 0.1) is 6.92 Å². The number of ether oxygens (including phenoxy) is 1. The van der Waals surface area contributed by atoms with Gasteiger partial charge in [0.15, 0.2) is 0 Å². The standard InChI is InChI=1S/C12H22N4O/c1-11-14-3-4-16(11)6-5-15-7-8-17-12(10-15)9-13-2/h3-4,12-13H,5-10H2,1-2H3. The predicted molar refractivity (Wildman–Crippen MR) is 67.1 cm³/mol. The van der Waals surface area contributed by atoms with E-state index in [0.717, 1.165) is 45.2 Å². The summed E-state index contributed by atoms with van der Waals surface area (Å²) in [6.45, 7) is 7.96. The number of likely N-dealkylation sites (N-methyl/N-ethyl adjacent to an activating group) is 1. The molecule has 0 aliphatic carbocycles. The molecule has 1 fully saturated rings. The van der Waals surface area contributed by atoms with Crippen LogP contribution >= 0.6 is 0 Å². The summed E-state index contributed by atoms with van der Waals surface area (Å²) in [4.78, 5) is 6.70. The van der Waals surface area contributed by atoms with E-state index in [9.17, 15) is 0 Å². The molecule has 5 nitrogen and oxygen atoms in total. The van der Waals surface area contributed by atoms with Crippen LogP contribution in [0.1, 0.15) is 5.82 Å². The minimum absolute atomic E-state index is 0.331. The number of hydrogen-bond donors (Lipinski definition) is 1. The lowest BCUT2D eigenvalue weighted by Crippen LogP contribution is -2.47. The van der Waals surface area contributed by atoms with E-state index in [2.05, 4.69) is 19.8 Å². The molecule has 96 valence electrons. The van der Waals surface area contributed by atoms with E-state index >= 15 is 0 Å². The Balaban J connectivity index is 1.77. The first kappa shape index (κ1) is 12.5. The average molecular weight is 238 g/mol. The summed E-state index contributed by atoms with van der Waals surface area (Å²) in [5.41, 5.74) is 0. The molecule has 1 saturated heterocycles. The minimum Gasteiger partial charge on any atom is -0.374 e. The lowest BCUT2D eigenvalue weighted by atomic mass is 10.2. The SMILES string of the molecule is CNCC1CN(CCn2ccnc2C)CCO1. The Morgan fingerprint density at radius 1 is 1.53 bits per heavy atom. The highest BCUT2D eigenvalue weighted by atomic mass is 16.5. The number of hydrogen-bond acceptors (Lipinski definition) is 4. The molecule has 0 bridgehead atoms. The van der Waals surface area contributed by atoms with Crippen molar-refractivity contribution in [2.75, 3.05) is 39.8 Å². The molecule has 1 N–H and O–H groups in total. The summed E-state index contributed by atoms with van der Waals surface area (Å²) in [7, 11) is 1.97. The number of nitrogens with one attached hydrogen (secondary N) is 1. The van der Waals surface area contributed by atoms with E-state index in [-0.39, 0.29) is 0 Å². The van der Waals surface area contributed by atoms with Crippen molar-refractivity contribution in [2.45, 2.75) is 19.6 Å². The molecule has 0 spiro atoms. The first-order chi connectivity index (χ1) is 8.29. The second-order valence-corrected chi connectivity index (χ2v) is 4.52. The molecule has 0 aromatic carbocycles. The molecule has 0 radical (unpaired) electrons. The van der Waals surface area contributed by atoms with Gasteiger partial charge in [-0.1, -0.05) is 0 Å². The van der Waals surface area contributed by atoms with Gasteiger partial charge in [-0.25, -0.2) is 4.98 Å². The molecule has 1 atom stereocenters. The topological polar surface area (TPSA) is 42.3 Å². The van der Waals surface area contributed by atoms with E-state index in [4.69, 9.17) is 4.74 Å². The summed E-state index contributed by atoms with van der Waals surface area (Å²) in [5.74, 6) is 1.09. The van der Waals surface area contributed by atoms with Gasteiger partial charge in [0.25, 0.3) is 0 Å². The van der Waals surface area contributed by atoms with Crippen LogP contribution in [0.5, 0.6) is 0 Å². The Morgan fingerprint density at radius 3 is 3.12 bits per heavy atom. The van der Waals surface area contributed by atoms with Crippen LogP contribution in [0.4, 0.5) is 0 Å². The maximum absolute atomic E-state index is 5.69. The highest BCUT2D eigenvalue weighted by Crippen LogP contribution is 2.05. The third-order valence-corrected chi connectivity index (χ3v) is 3.24. The van der Waals surface area contributed by atoms with Gasteiger partial charge in [0.05, 0.1) is 12.7 Å². The van der Waals surface area contributed by atoms with Crippen LogP contribution < -0.4 is 5.32 Å². The number of morpholine rings is 1. The summed E-state index contributed by atoms with van der Waals surface area (Å²) in [6, 6.07) is 0. The number of aryl methyl sites for hydroxylation is 1. The van der Waals surface area contributed by atoms with Gasteiger partial charge >= 0.3 is 0 Å².